The van der Waals surface area contributed by atoms with Crippen molar-refractivity contribution in [3.63, 3.8) is 0 Å². The second-order valence-corrected chi connectivity index (χ2v) is 6.89. The van der Waals surface area contributed by atoms with Gasteiger partial charge in [0.05, 0.1) is 11.6 Å². The molecule has 2 aromatic heterocycles. The fourth-order valence-electron chi connectivity index (χ4n) is 3.70. The number of para-hydroxylation sites is 1. The van der Waals surface area contributed by atoms with Crippen LogP contribution in [0.4, 0.5) is 0 Å². The van der Waals surface area contributed by atoms with E-state index in [9.17, 15) is 9.90 Å². The first-order valence-electron chi connectivity index (χ1n) is 8.10. The summed E-state index contributed by atoms with van der Waals surface area (Å²) in [7, 11) is 0. The Balaban J connectivity index is 1.89. The minimum Gasteiger partial charge on any atom is -0.480 e. The lowest BCUT2D eigenvalue weighted by Gasteiger charge is -2.32. The summed E-state index contributed by atoms with van der Waals surface area (Å²) in [6, 6.07) is 11.7. The van der Waals surface area contributed by atoms with Gasteiger partial charge in [0.2, 0.25) is 0 Å². The van der Waals surface area contributed by atoms with Gasteiger partial charge in [0.15, 0.2) is 0 Å². The van der Waals surface area contributed by atoms with Crippen molar-refractivity contribution in [1.29, 1.82) is 0 Å². The number of nitrogens with zero attached hydrogens (tertiary/aromatic N) is 2. The molecule has 3 aromatic rings. The van der Waals surface area contributed by atoms with E-state index in [-0.39, 0.29) is 6.04 Å². The first-order valence-corrected chi connectivity index (χ1v) is 9.04. The number of hydrogen-bond donors (Lipinski definition) is 1. The highest BCUT2D eigenvalue weighted by Crippen LogP contribution is 2.38. The first kappa shape index (κ1) is 15.3. The topological polar surface area (TPSA) is 53.4 Å². The molecule has 0 radical (unpaired) electrons. The molecule has 122 valence electrons. The van der Waals surface area contributed by atoms with Crippen molar-refractivity contribution in [2.45, 2.75) is 24.9 Å². The molecule has 0 bridgehead atoms. The van der Waals surface area contributed by atoms with E-state index in [0.29, 0.717) is 6.42 Å². The summed E-state index contributed by atoms with van der Waals surface area (Å²) < 4.78 is 0. The van der Waals surface area contributed by atoms with Crippen molar-refractivity contribution in [2.24, 2.45) is 0 Å². The number of rotatable bonds is 4. The molecule has 2 atom stereocenters. The SMILES string of the molecule is O=C(O)C1CCCN1C(c1ccsc1)c1ccnc2ccccc12. The van der Waals surface area contributed by atoms with Crippen molar-refractivity contribution >= 4 is 28.2 Å². The number of carbonyl (C=O) groups is 1. The maximum absolute atomic E-state index is 11.7. The van der Waals surface area contributed by atoms with Crippen molar-refractivity contribution in [3.8, 4) is 0 Å². The molecule has 1 aliphatic rings. The van der Waals surface area contributed by atoms with Crippen LogP contribution in [-0.4, -0.2) is 33.5 Å². The smallest absolute Gasteiger partial charge is 0.320 e. The summed E-state index contributed by atoms with van der Waals surface area (Å²) in [4.78, 5) is 18.3. The van der Waals surface area contributed by atoms with Crippen molar-refractivity contribution < 1.29 is 9.90 Å². The van der Waals surface area contributed by atoms with Gasteiger partial charge in [0, 0.05) is 18.1 Å². The van der Waals surface area contributed by atoms with Gasteiger partial charge in [-0.2, -0.15) is 11.3 Å². The average Bonchev–Trinajstić information content (AvgIpc) is 3.27. The lowest BCUT2D eigenvalue weighted by atomic mass is 9.95. The van der Waals surface area contributed by atoms with Crippen LogP contribution in [0.15, 0.2) is 53.4 Å². The number of carboxylic acid groups (broad SMARTS) is 1. The second kappa shape index (κ2) is 6.34. The zero-order valence-corrected chi connectivity index (χ0v) is 13.9. The van der Waals surface area contributed by atoms with Gasteiger partial charge >= 0.3 is 5.97 Å². The molecule has 1 N–H and O–H groups in total. The standard InChI is InChI=1S/C19H18N2O2S/c22-19(23)17-6-3-10-21(17)18(13-8-11-24-12-13)15-7-9-20-16-5-2-1-4-14(15)16/h1-2,4-5,7-9,11-12,17-18H,3,6,10H2,(H,22,23). The van der Waals surface area contributed by atoms with Crippen LogP contribution in [-0.2, 0) is 4.79 Å². The van der Waals surface area contributed by atoms with Gasteiger partial charge < -0.3 is 5.11 Å². The molecule has 0 amide bonds. The number of likely N-dealkylation sites (tertiary alicyclic amines) is 1. The third-order valence-corrected chi connectivity index (χ3v) is 5.45. The van der Waals surface area contributed by atoms with Gasteiger partial charge in [-0.1, -0.05) is 18.2 Å². The van der Waals surface area contributed by atoms with E-state index in [0.717, 1.165) is 35.0 Å². The Morgan fingerprint density at radius 1 is 1.29 bits per heavy atom. The quantitative estimate of drug-likeness (QED) is 0.783. The Morgan fingerprint density at radius 3 is 2.96 bits per heavy atom. The lowest BCUT2D eigenvalue weighted by Crippen LogP contribution is -2.39. The first-order chi connectivity index (χ1) is 11.8. The summed E-state index contributed by atoms with van der Waals surface area (Å²) in [6.45, 7) is 0.800. The number of thiophene rings is 1. The summed E-state index contributed by atoms with van der Waals surface area (Å²) in [5.74, 6) is -0.730. The van der Waals surface area contributed by atoms with Crippen LogP contribution in [0.2, 0.25) is 0 Å². The van der Waals surface area contributed by atoms with Gasteiger partial charge in [-0.25, -0.2) is 0 Å². The summed E-state index contributed by atoms with van der Waals surface area (Å²) >= 11 is 1.65. The van der Waals surface area contributed by atoms with E-state index in [2.05, 4.69) is 32.8 Å². The van der Waals surface area contributed by atoms with E-state index >= 15 is 0 Å². The summed E-state index contributed by atoms with van der Waals surface area (Å²) in [5.41, 5.74) is 3.23. The second-order valence-electron chi connectivity index (χ2n) is 6.11. The van der Waals surface area contributed by atoms with Crippen LogP contribution in [0.5, 0.6) is 0 Å². The van der Waals surface area contributed by atoms with Crippen LogP contribution in [0.25, 0.3) is 10.9 Å². The number of aromatic nitrogens is 1. The molecule has 2 unspecified atom stereocenters. The van der Waals surface area contributed by atoms with Crippen molar-refractivity contribution in [3.05, 3.63) is 64.5 Å². The molecule has 1 aliphatic heterocycles. The Labute approximate surface area is 144 Å². The molecule has 0 aliphatic carbocycles. The zero-order chi connectivity index (χ0) is 16.5. The van der Waals surface area contributed by atoms with Gasteiger partial charge in [-0.05, 0) is 52.9 Å². The van der Waals surface area contributed by atoms with Gasteiger partial charge in [0.25, 0.3) is 0 Å². The molecule has 3 heterocycles. The van der Waals surface area contributed by atoms with Crippen LogP contribution in [0.1, 0.15) is 30.0 Å². The van der Waals surface area contributed by atoms with Crippen LogP contribution in [0, 0.1) is 0 Å². The van der Waals surface area contributed by atoms with Gasteiger partial charge in [-0.15, -0.1) is 0 Å². The molecule has 0 spiro atoms. The van der Waals surface area contributed by atoms with E-state index in [1.54, 1.807) is 11.3 Å². The number of carboxylic acids is 1. The highest BCUT2D eigenvalue weighted by atomic mass is 32.1. The molecular weight excluding hydrogens is 320 g/mol. The fraction of sp³-hybridized carbons (Fsp3) is 0.263. The average molecular weight is 338 g/mol. The molecule has 1 aromatic carbocycles. The van der Waals surface area contributed by atoms with E-state index in [1.165, 1.54) is 0 Å². The molecule has 1 fully saturated rings. The minimum atomic E-state index is -0.730. The fourth-order valence-corrected chi connectivity index (χ4v) is 4.38. The van der Waals surface area contributed by atoms with Crippen LogP contribution >= 0.6 is 11.3 Å². The Hall–Kier alpha value is -2.24. The van der Waals surface area contributed by atoms with Crippen molar-refractivity contribution in [1.82, 2.24) is 9.88 Å². The maximum atomic E-state index is 11.7. The number of pyridine rings is 1. The predicted molar refractivity (Wildman–Crippen MR) is 95.3 cm³/mol. The Kier molecular flexibility index (Phi) is 4.04. The van der Waals surface area contributed by atoms with Crippen LogP contribution < -0.4 is 0 Å². The summed E-state index contributed by atoms with van der Waals surface area (Å²) in [5, 5.41) is 14.9. The lowest BCUT2D eigenvalue weighted by molar-refractivity contribution is -0.142. The van der Waals surface area contributed by atoms with E-state index < -0.39 is 12.0 Å². The van der Waals surface area contributed by atoms with E-state index in [1.807, 2.05) is 30.5 Å². The van der Waals surface area contributed by atoms with Crippen LogP contribution in [0.3, 0.4) is 0 Å². The zero-order valence-electron chi connectivity index (χ0n) is 13.1. The molecular formula is C19H18N2O2S. The molecule has 4 nitrogen and oxygen atoms in total. The highest BCUT2D eigenvalue weighted by molar-refractivity contribution is 7.08. The summed E-state index contributed by atoms with van der Waals surface area (Å²) in [6.07, 6.45) is 3.45. The van der Waals surface area contributed by atoms with Gasteiger partial charge in [-0.3, -0.25) is 14.7 Å². The van der Waals surface area contributed by atoms with Gasteiger partial charge in [0.1, 0.15) is 6.04 Å². The maximum Gasteiger partial charge on any atom is 0.320 e. The molecule has 4 rings (SSSR count). The van der Waals surface area contributed by atoms with Crippen molar-refractivity contribution in [2.75, 3.05) is 6.54 Å². The highest BCUT2D eigenvalue weighted by Gasteiger charge is 2.37. The Bertz CT molecular complexity index is 857. The largest absolute Gasteiger partial charge is 0.480 e. The third kappa shape index (κ3) is 2.60. The number of benzene rings is 1. The third-order valence-electron chi connectivity index (χ3n) is 4.75. The normalized spacial score (nSPS) is 19.6. The number of fused-ring (bicyclic) bond motifs is 1. The van der Waals surface area contributed by atoms with E-state index in [4.69, 9.17) is 0 Å². The molecule has 24 heavy (non-hydrogen) atoms. The molecule has 1 saturated heterocycles. The Morgan fingerprint density at radius 2 is 2.17 bits per heavy atom. The predicted octanol–water partition coefficient (Wildman–Crippen LogP) is 3.93. The monoisotopic (exact) mass is 338 g/mol. The molecule has 5 heteroatoms. The molecule has 0 saturated carbocycles. The minimum absolute atomic E-state index is 0.0484. The number of aliphatic carboxylic acids is 1. The number of hydrogen-bond acceptors (Lipinski definition) is 4.